The van der Waals surface area contributed by atoms with Crippen molar-refractivity contribution in [2.75, 3.05) is 6.61 Å². The number of tetrazole rings is 1. The minimum Gasteiger partial charge on any atom is -0.452 e. The quantitative estimate of drug-likeness (QED) is 0.632. The van der Waals surface area contributed by atoms with E-state index < -0.39 is 5.97 Å². The van der Waals surface area contributed by atoms with Crippen LogP contribution in [0.3, 0.4) is 0 Å². The van der Waals surface area contributed by atoms with E-state index in [0.717, 1.165) is 12.0 Å². The molecule has 0 saturated carbocycles. The summed E-state index contributed by atoms with van der Waals surface area (Å²) in [6.07, 6.45) is 2.42. The van der Waals surface area contributed by atoms with Crippen molar-refractivity contribution in [2.45, 2.75) is 26.3 Å². The smallest absolute Gasteiger partial charge is 0.338 e. The molecule has 0 radical (unpaired) electrons. The molecule has 8 heteroatoms. The van der Waals surface area contributed by atoms with Crippen LogP contribution in [-0.4, -0.2) is 38.7 Å². The van der Waals surface area contributed by atoms with Gasteiger partial charge in [-0.05, 0) is 59.2 Å². The summed E-state index contributed by atoms with van der Waals surface area (Å²) in [6.45, 7) is 3.64. The van der Waals surface area contributed by atoms with Crippen LogP contribution in [0.15, 0.2) is 54.9 Å². The van der Waals surface area contributed by atoms with Gasteiger partial charge in [0.1, 0.15) is 6.33 Å². The van der Waals surface area contributed by atoms with E-state index in [9.17, 15) is 9.59 Å². The Bertz CT molecular complexity index is 921. The molecular formula is C20H21N5O3. The summed E-state index contributed by atoms with van der Waals surface area (Å²) in [6, 6.07) is 14.4. The highest BCUT2D eigenvalue weighted by Crippen LogP contribution is 2.14. The number of aryl methyl sites for hydroxylation is 1. The van der Waals surface area contributed by atoms with Gasteiger partial charge < -0.3 is 10.1 Å². The fourth-order valence-electron chi connectivity index (χ4n) is 2.65. The van der Waals surface area contributed by atoms with E-state index in [0.29, 0.717) is 11.3 Å². The standard InChI is InChI=1S/C20H21N5O3/c1-3-15-4-6-16(7-5-15)14(2)22-19(26)12-28-20(27)17-8-10-18(11-9-17)25-13-21-23-24-25/h4-11,13-14H,3,12H2,1-2H3,(H,22,26)/t14-/m0/s1. The molecule has 1 N–H and O–H groups in total. The van der Waals surface area contributed by atoms with Crippen molar-refractivity contribution in [3.8, 4) is 5.69 Å². The second-order valence-electron chi connectivity index (χ2n) is 6.26. The number of carbonyl (C=O) groups is 2. The fourth-order valence-corrected chi connectivity index (χ4v) is 2.65. The van der Waals surface area contributed by atoms with Gasteiger partial charge in [-0.2, -0.15) is 0 Å². The number of carbonyl (C=O) groups excluding carboxylic acids is 2. The van der Waals surface area contributed by atoms with Gasteiger partial charge in [0.25, 0.3) is 5.91 Å². The molecule has 8 nitrogen and oxygen atoms in total. The van der Waals surface area contributed by atoms with Gasteiger partial charge in [-0.3, -0.25) is 4.79 Å². The zero-order chi connectivity index (χ0) is 19.9. The third-order valence-corrected chi connectivity index (χ3v) is 4.32. The first-order chi connectivity index (χ1) is 13.6. The lowest BCUT2D eigenvalue weighted by molar-refractivity contribution is -0.124. The summed E-state index contributed by atoms with van der Waals surface area (Å²) >= 11 is 0. The lowest BCUT2D eigenvalue weighted by atomic mass is 10.1. The highest BCUT2D eigenvalue weighted by atomic mass is 16.5. The van der Waals surface area contributed by atoms with Gasteiger partial charge in [-0.15, -0.1) is 5.10 Å². The van der Waals surface area contributed by atoms with Crippen LogP contribution in [0.2, 0.25) is 0 Å². The van der Waals surface area contributed by atoms with Crippen LogP contribution in [-0.2, 0) is 16.0 Å². The van der Waals surface area contributed by atoms with E-state index >= 15 is 0 Å². The maximum Gasteiger partial charge on any atom is 0.338 e. The van der Waals surface area contributed by atoms with Gasteiger partial charge in [0, 0.05) is 0 Å². The number of nitrogens with one attached hydrogen (secondary N) is 1. The second kappa shape index (κ2) is 8.90. The molecule has 3 rings (SSSR count). The fraction of sp³-hybridized carbons (Fsp3) is 0.250. The van der Waals surface area contributed by atoms with Crippen LogP contribution in [0, 0.1) is 0 Å². The number of hydrogen-bond acceptors (Lipinski definition) is 6. The third kappa shape index (κ3) is 4.79. The minimum absolute atomic E-state index is 0.173. The van der Waals surface area contributed by atoms with Crippen LogP contribution >= 0.6 is 0 Å². The first-order valence-electron chi connectivity index (χ1n) is 8.95. The summed E-state index contributed by atoms with van der Waals surface area (Å²) in [5, 5.41) is 13.7. The molecule has 0 saturated heterocycles. The van der Waals surface area contributed by atoms with Crippen LogP contribution in [0.4, 0.5) is 0 Å². The van der Waals surface area contributed by atoms with E-state index in [2.05, 4.69) is 27.8 Å². The number of esters is 1. The minimum atomic E-state index is -0.571. The topological polar surface area (TPSA) is 99.0 Å². The number of hydrogen-bond donors (Lipinski definition) is 1. The number of ether oxygens (including phenoxy) is 1. The van der Waals surface area contributed by atoms with E-state index in [1.165, 1.54) is 16.6 Å². The second-order valence-corrected chi connectivity index (χ2v) is 6.26. The maximum atomic E-state index is 12.1. The third-order valence-electron chi connectivity index (χ3n) is 4.32. The zero-order valence-corrected chi connectivity index (χ0v) is 15.7. The monoisotopic (exact) mass is 379 g/mol. The molecule has 0 aliphatic heterocycles. The van der Waals surface area contributed by atoms with Crippen molar-refractivity contribution in [2.24, 2.45) is 0 Å². The normalized spacial score (nSPS) is 11.6. The van der Waals surface area contributed by atoms with Gasteiger partial charge in [-0.25, -0.2) is 9.48 Å². The number of aromatic nitrogens is 4. The SMILES string of the molecule is CCc1ccc([C@H](C)NC(=O)COC(=O)c2ccc(-n3cnnn3)cc2)cc1. The lowest BCUT2D eigenvalue weighted by Gasteiger charge is -2.15. The predicted octanol–water partition coefficient (Wildman–Crippen LogP) is 2.26. The highest BCUT2D eigenvalue weighted by molar-refractivity contribution is 5.91. The van der Waals surface area contributed by atoms with Gasteiger partial charge in [0.05, 0.1) is 17.3 Å². The maximum absolute atomic E-state index is 12.1. The molecule has 28 heavy (non-hydrogen) atoms. The summed E-state index contributed by atoms with van der Waals surface area (Å²) in [5.74, 6) is -0.927. The number of benzene rings is 2. The van der Waals surface area contributed by atoms with Crippen LogP contribution < -0.4 is 5.32 Å². The Labute approximate surface area is 162 Å². The average Bonchev–Trinajstić information content (AvgIpc) is 3.27. The largest absolute Gasteiger partial charge is 0.452 e. The average molecular weight is 379 g/mol. The summed E-state index contributed by atoms with van der Waals surface area (Å²) in [7, 11) is 0. The molecule has 1 amide bonds. The van der Waals surface area contributed by atoms with Crippen molar-refractivity contribution >= 4 is 11.9 Å². The predicted molar refractivity (Wildman–Crippen MR) is 102 cm³/mol. The van der Waals surface area contributed by atoms with Gasteiger partial charge in [0.2, 0.25) is 0 Å². The Morgan fingerprint density at radius 1 is 1.11 bits per heavy atom. The molecule has 2 aromatic carbocycles. The Morgan fingerprint density at radius 3 is 2.43 bits per heavy atom. The number of amides is 1. The Balaban J connectivity index is 1.50. The van der Waals surface area contributed by atoms with E-state index in [-0.39, 0.29) is 18.6 Å². The molecule has 0 aliphatic rings. The number of nitrogens with zero attached hydrogens (tertiary/aromatic N) is 4. The zero-order valence-electron chi connectivity index (χ0n) is 15.7. The molecule has 0 fully saturated rings. The molecule has 0 unspecified atom stereocenters. The Hall–Kier alpha value is -3.55. The molecule has 1 heterocycles. The first-order valence-corrected chi connectivity index (χ1v) is 8.95. The summed E-state index contributed by atoms with van der Waals surface area (Å²) in [4.78, 5) is 24.2. The highest BCUT2D eigenvalue weighted by Gasteiger charge is 2.13. The summed E-state index contributed by atoms with van der Waals surface area (Å²) in [5.41, 5.74) is 3.28. The number of rotatable bonds is 7. The van der Waals surface area contributed by atoms with Crippen molar-refractivity contribution < 1.29 is 14.3 Å². The molecule has 0 bridgehead atoms. The van der Waals surface area contributed by atoms with Crippen molar-refractivity contribution in [1.29, 1.82) is 0 Å². The molecule has 144 valence electrons. The molecule has 0 aliphatic carbocycles. The van der Waals surface area contributed by atoms with Crippen LogP contribution in [0.1, 0.15) is 41.4 Å². The van der Waals surface area contributed by atoms with Crippen LogP contribution in [0.5, 0.6) is 0 Å². The molecule has 1 aromatic heterocycles. The van der Waals surface area contributed by atoms with Gasteiger partial charge in [0.15, 0.2) is 6.61 Å². The Morgan fingerprint density at radius 2 is 1.82 bits per heavy atom. The van der Waals surface area contributed by atoms with E-state index in [1.54, 1.807) is 24.3 Å². The van der Waals surface area contributed by atoms with Crippen molar-refractivity contribution in [3.63, 3.8) is 0 Å². The molecular weight excluding hydrogens is 358 g/mol. The van der Waals surface area contributed by atoms with E-state index in [4.69, 9.17) is 4.74 Å². The van der Waals surface area contributed by atoms with Crippen molar-refractivity contribution in [3.05, 3.63) is 71.5 Å². The molecule has 0 spiro atoms. The first kappa shape index (κ1) is 19.2. The lowest BCUT2D eigenvalue weighted by Crippen LogP contribution is -2.31. The summed E-state index contributed by atoms with van der Waals surface area (Å²) < 4.78 is 6.56. The molecule has 3 aromatic rings. The molecule has 1 atom stereocenters. The Kier molecular flexibility index (Phi) is 6.11. The van der Waals surface area contributed by atoms with Gasteiger partial charge in [-0.1, -0.05) is 31.2 Å². The van der Waals surface area contributed by atoms with Crippen molar-refractivity contribution in [1.82, 2.24) is 25.5 Å². The van der Waals surface area contributed by atoms with Gasteiger partial charge >= 0.3 is 5.97 Å². The van der Waals surface area contributed by atoms with E-state index in [1.807, 2.05) is 31.2 Å². The van der Waals surface area contributed by atoms with Crippen LogP contribution in [0.25, 0.3) is 5.69 Å².